The average molecular weight is 739 g/mol. The van der Waals surface area contributed by atoms with E-state index in [0.717, 1.165) is 37.1 Å². The van der Waals surface area contributed by atoms with Crippen LogP contribution in [0.2, 0.25) is 0 Å². The monoisotopic (exact) mass is 737 g/mol. The zero-order valence-electron chi connectivity index (χ0n) is 25.3. The molecule has 4 aromatic carbocycles. The van der Waals surface area contributed by atoms with E-state index in [2.05, 4.69) is 26.2 Å². The minimum absolute atomic E-state index is 0.0273. The van der Waals surface area contributed by atoms with Gasteiger partial charge in [-0.2, -0.15) is 0 Å². The topological polar surface area (TPSA) is 109 Å². The zero-order valence-corrected chi connectivity index (χ0v) is 28.5. The minimum atomic E-state index is -0.364. The third-order valence-electron chi connectivity index (χ3n) is 10.5. The van der Waals surface area contributed by atoms with Crippen LogP contribution in [0, 0.1) is 29.6 Å². The number of thioether (sulfide) groups is 1. The Morgan fingerprint density at radius 2 is 1.62 bits per heavy atom. The van der Waals surface area contributed by atoms with Crippen molar-refractivity contribution >= 4 is 78.9 Å². The van der Waals surface area contributed by atoms with Gasteiger partial charge in [0, 0.05) is 26.2 Å². The van der Waals surface area contributed by atoms with Gasteiger partial charge in [-0.15, -0.1) is 11.8 Å². The second-order valence-electron chi connectivity index (χ2n) is 12.9. The molecule has 9 rings (SSSR count). The van der Waals surface area contributed by atoms with E-state index in [1.54, 1.807) is 11.8 Å². The average Bonchev–Trinajstić information content (AvgIpc) is 3.83. The lowest BCUT2D eigenvalue weighted by molar-refractivity contribution is -0.123. The first-order valence-electron chi connectivity index (χ1n) is 15.9. The highest BCUT2D eigenvalue weighted by Crippen LogP contribution is 2.68. The van der Waals surface area contributed by atoms with Gasteiger partial charge in [0.2, 0.25) is 11.8 Å². The summed E-state index contributed by atoms with van der Waals surface area (Å²) in [4.78, 5) is 58.5. The molecule has 240 valence electrons. The largest absolute Gasteiger partial charge is 0.484 e. The van der Waals surface area contributed by atoms with Crippen LogP contribution in [0.3, 0.4) is 0 Å². The Hall–Kier alpha value is -4.19. The van der Waals surface area contributed by atoms with Crippen LogP contribution in [-0.2, 0) is 14.4 Å². The summed E-state index contributed by atoms with van der Waals surface area (Å²) in [5, 5.41) is 6.03. The summed E-state index contributed by atoms with van der Waals surface area (Å²) in [6.45, 7) is -0.141. The number of nitrogens with one attached hydrogen (secondary N) is 2. The quantitative estimate of drug-likeness (QED) is 0.181. The van der Waals surface area contributed by atoms with Crippen molar-refractivity contribution in [2.75, 3.05) is 16.8 Å². The first-order chi connectivity index (χ1) is 23.3. The lowest BCUT2D eigenvalue weighted by Gasteiger charge is -2.43. The van der Waals surface area contributed by atoms with Crippen molar-refractivity contribution in [3.8, 4) is 5.75 Å². The van der Waals surface area contributed by atoms with E-state index in [1.165, 1.54) is 16.2 Å². The second kappa shape index (κ2) is 11.5. The molecule has 2 aliphatic carbocycles. The Kier molecular flexibility index (Phi) is 7.14. The van der Waals surface area contributed by atoms with Gasteiger partial charge in [0.15, 0.2) is 6.61 Å². The van der Waals surface area contributed by atoms with Crippen LogP contribution in [0.4, 0.5) is 11.4 Å². The fraction of sp³-hybridized carbons (Fsp3) is 0.243. The molecule has 2 N–H and O–H groups in total. The van der Waals surface area contributed by atoms with Crippen molar-refractivity contribution in [1.29, 1.82) is 0 Å². The molecule has 4 unspecified atom stereocenters. The number of fused-ring (bicyclic) bond motifs is 10. The molecule has 2 saturated carbocycles. The number of carbonyl (C=O) groups is 3. The molecule has 4 aliphatic rings. The number of hydrogen-bond acceptors (Lipinski definition) is 7. The molecule has 3 heterocycles. The van der Waals surface area contributed by atoms with Crippen LogP contribution in [0.1, 0.15) is 22.8 Å². The number of hydrogen-bond donors (Lipinski definition) is 2. The molecule has 2 bridgehead atoms. The van der Waals surface area contributed by atoms with Crippen LogP contribution in [-0.4, -0.2) is 34.6 Å². The molecule has 3 fully saturated rings. The fourth-order valence-electron chi connectivity index (χ4n) is 8.62. The number of benzene rings is 4. The Balaban J connectivity index is 0.955. The van der Waals surface area contributed by atoms with E-state index in [4.69, 9.17) is 4.74 Å². The number of ether oxygens (including phenoxy) is 1. The highest BCUT2D eigenvalue weighted by atomic mass is 79.9. The molecular weight excluding hydrogens is 710 g/mol. The summed E-state index contributed by atoms with van der Waals surface area (Å²) in [5.74, 6) is -0.539. The summed E-state index contributed by atoms with van der Waals surface area (Å²) >= 11 is 6.35. The van der Waals surface area contributed by atoms with Crippen molar-refractivity contribution in [2.45, 2.75) is 22.6 Å². The summed E-state index contributed by atoms with van der Waals surface area (Å²) < 4.78 is 6.75. The molecule has 1 saturated heterocycles. The molecule has 1 aromatic heterocycles. The molecule has 5 aromatic rings. The van der Waals surface area contributed by atoms with Crippen LogP contribution in [0.15, 0.2) is 105 Å². The number of amides is 3. The molecule has 0 spiro atoms. The van der Waals surface area contributed by atoms with Crippen LogP contribution < -0.4 is 19.8 Å². The maximum absolute atomic E-state index is 14.0. The van der Waals surface area contributed by atoms with Gasteiger partial charge >= 0.3 is 4.87 Å². The molecule has 0 radical (unpaired) electrons. The molecule has 2 aliphatic heterocycles. The number of aromatic nitrogens is 1. The standard InChI is InChI=1S/C37H28BrN3O5S2/c38-21-8-11-23(12-9-21)41-35(43)30-25-16-26(31(30)36(41)44)32-29(25)28(33-34(47-32)40-37(45)48-33)19-6-13-24(14-7-19)46-17-27(42)39-22-10-5-18-3-1-2-4-20(18)15-22/h1-15,25-26,28-32H,16-17H2,(H,39,42)(H,40,45)/t25-,26-,28-,29?,30?,31?,32?/m1/s1. The smallest absolute Gasteiger partial charge is 0.305 e. The van der Waals surface area contributed by atoms with E-state index >= 15 is 0 Å². The molecule has 11 heteroatoms. The molecule has 3 amide bonds. The Morgan fingerprint density at radius 1 is 0.896 bits per heavy atom. The Morgan fingerprint density at radius 3 is 2.40 bits per heavy atom. The minimum Gasteiger partial charge on any atom is -0.484 e. The van der Waals surface area contributed by atoms with Crippen LogP contribution in [0.25, 0.3) is 10.8 Å². The number of rotatable bonds is 6. The summed E-state index contributed by atoms with van der Waals surface area (Å²) in [7, 11) is 0. The first-order valence-corrected chi connectivity index (χ1v) is 18.4. The van der Waals surface area contributed by atoms with Gasteiger partial charge in [-0.1, -0.05) is 69.7 Å². The summed E-state index contributed by atoms with van der Waals surface area (Å²) in [6, 6.07) is 28.8. The number of halogens is 1. The van der Waals surface area contributed by atoms with Gasteiger partial charge in [0.25, 0.3) is 5.91 Å². The summed E-state index contributed by atoms with van der Waals surface area (Å²) in [6.07, 6.45) is 0.826. The zero-order chi connectivity index (χ0) is 32.7. The lowest BCUT2D eigenvalue weighted by Crippen LogP contribution is -2.42. The van der Waals surface area contributed by atoms with Crippen molar-refractivity contribution < 1.29 is 19.1 Å². The highest BCUT2D eigenvalue weighted by Gasteiger charge is 2.69. The maximum atomic E-state index is 14.0. The normalized spacial score (nSPS) is 26.8. The van der Waals surface area contributed by atoms with Gasteiger partial charge in [-0.25, -0.2) is 0 Å². The van der Waals surface area contributed by atoms with Gasteiger partial charge < -0.3 is 15.0 Å². The number of thiazole rings is 1. The highest BCUT2D eigenvalue weighted by molar-refractivity contribution is 9.10. The van der Waals surface area contributed by atoms with E-state index in [1.807, 2.05) is 91.0 Å². The number of imide groups is 1. The second-order valence-corrected chi connectivity index (χ2v) is 16.0. The SMILES string of the molecule is O=C(COc1ccc([C@H]2c3sc(=O)[nH]c3SC3C2[C@H]2C[C@@H]3C3C(=O)N(c4ccc(Br)cc4)C(=O)C32)cc1)Nc1ccc2ccccc2c1. The predicted molar refractivity (Wildman–Crippen MR) is 190 cm³/mol. The Labute approximate surface area is 292 Å². The van der Waals surface area contributed by atoms with Crippen molar-refractivity contribution in [2.24, 2.45) is 29.6 Å². The van der Waals surface area contributed by atoms with Crippen LogP contribution >= 0.6 is 39.0 Å². The Bertz CT molecular complexity index is 2180. The van der Waals surface area contributed by atoms with E-state index in [-0.39, 0.29) is 70.0 Å². The number of anilines is 2. The lowest BCUT2D eigenvalue weighted by atomic mass is 9.68. The van der Waals surface area contributed by atoms with Crippen molar-refractivity contribution in [1.82, 2.24) is 4.98 Å². The molecule has 8 nitrogen and oxygen atoms in total. The van der Waals surface area contributed by atoms with Crippen molar-refractivity contribution in [3.05, 3.63) is 116 Å². The van der Waals surface area contributed by atoms with Crippen molar-refractivity contribution in [3.63, 3.8) is 0 Å². The summed E-state index contributed by atoms with van der Waals surface area (Å²) in [5.41, 5.74) is 2.35. The first kappa shape index (κ1) is 29.9. The molecule has 48 heavy (non-hydrogen) atoms. The predicted octanol–water partition coefficient (Wildman–Crippen LogP) is 7.05. The van der Waals surface area contributed by atoms with Gasteiger partial charge in [-0.05, 0) is 89.0 Å². The van der Waals surface area contributed by atoms with Gasteiger partial charge in [0.1, 0.15) is 5.75 Å². The van der Waals surface area contributed by atoms with E-state index in [0.29, 0.717) is 17.1 Å². The fourth-order valence-corrected chi connectivity index (χ4v) is 11.8. The number of nitrogens with zero attached hydrogens (tertiary/aromatic N) is 1. The molecular formula is C37H28BrN3O5S2. The third kappa shape index (κ3) is 4.77. The maximum Gasteiger partial charge on any atom is 0.305 e. The van der Waals surface area contributed by atoms with E-state index in [9.17, 15) is 19.2 Å². The number of aromatic amines is 1. The molecule has 7 atom stereocenters. The third-order valence-corrected chi connectivity index (χ3v) is 13.6. The van der Waals surface area contributed by atoms with Gasteiger partial charge in [0.05, 0.1) is 22.5 Å². The van der Waals surface area contributed by atoms with E-state index < -0.39 is 0 Å². The number of H-pyrrole nitrogens is 1. The van der Waals surface area contributed by atoms with Gasteiger partial charge in [-0.3, -0.25) is 24.1 Å². The number of carbonyl (C=O) groups excluding carboxylic acids is 3. The van der Waals surface area contributed by atoms with Crippen LogP contribution in [0.5, 0.6) is 5.75 Å².